The van der Waals surface area contributed by atoms with Gasteiger partial charge in [-0.2, -0.15) is 0 Å². The first-order valence-corrected chi connectivity index (χ1v) is 8.64. The number of carbonyl (C=O) groups is 3. The predicted octanol–water partition coefficient (Wildman–Crippen LogP) is 2.32. The molecule has 0 spiro atoms. The Morgan fingerprint density at radius 2 is 2.08 bits per heavy atom. The summed E-state index contributed by atoms with van der Waals surface area (Å²) in [5, 5.41) is 11.7. The molecule has 0 aliphatic carbocycles. The Kier molecular flexibility index (Phi) is 7.20. The lowest BCUT2D eigenvalue weighted by atomic mass is 10.1. The van der Waals surface area contributed by atoms with Crippen molar-refractivity contribution in [1.82, 2.24) is 10.2 Å². The van der Waals surface area contributed by atoms with Gasteiger partial charge in [-0.05, 0) is 31.2 Å². The number of ether oxygens (including phenoxy) is 1. The lowest BCUT2D eigenvalue weighted by Gasteiger charge is -2.25. The molecule has 1 fully saturated rings. The van der Waals surface area contributed by atoms with E-state index in [4.69, 9.17) is 4.74 Å². The number of aliphatic carboxylic acids is 1. The van der Waals surface area contributed by atoms with Gasteiger partial charge in [0.1, 0.15) is 18.7 Å². The van der Waals surface area contributed by atoms with Crippen molar-refractivity contribution in [1.29, 1.82) is 0 Å². The first-order valence-electron chi connectivity index (χ1n) is 8.64. The SMILES string of the molecule is C=CCC[C@H](NC(=O)[C@H]1CCCN1C(=O)OCc1ccccc1)C(=O)O. The quantitative estimate of drug-likeness (QED) is 0.694. The highest BCUT2D eigenvalue weighted by atomic mass is 16.6. The highest BCUT2D eigenvalue weighted by Gasteiger charge is 2.36. The van der Waals surface area contributed by atoms with Crippen molar-refractivity contribution in [3.8, 4) is 0 Å². The van der Waals surface area contributed by atoms with E-state index in [1.54, 1.807) is 6.08 Å². The Bertz CT molecular complexity index is 647. The highest BCUT2D eigenvalue weighted by molar-refractivity contribution is 5.89. The van der Waals surface area contributed by atoms with Gasteiger partial charge in [-0.25, -0.2) is 9.59 Å². The van der Waals surface area contributed by atoms with Crippen LogP contribution in [0.2, 0.25) is 0 Å². The Morgan fingerprint density at radius 1 is 1.35 bits per heavy atom. The van der Waals surface area contributed by atoms with Crippen LogP contribution in [-0.2, 0) is 20.9 Å². The van der Waals surface area contributed by atoms with Gasteiger partial charge in [-0.3, -0.25) is 9.69 Å². The highest BCUT2D eigenvalue weighted by Crippen LogP contribution is 2.19. The molecule has 1 aliphatic rings. The Morgan fingerprint density at radius 3 is 2.73 bits per heavy atom. The normalized spacial score (nSPS) is 17.4. The van der Waals surface area contributed by atoms with E-state index < -0.39 is 30.1 Å². The van der Waals surface area contributed by atoms with Crippen molar-refractivity contribution in [2.75, 3.05) is 6.54 Å². The van der Waals surface area contributed by atoms with E-state index in [-0.39, 0.29) is 13.0 Å². The van der Waals surface area contributed by atoms with E-state index in [2.05, 4.69) is 11.9 Å². The average molecular weight is 360 g/mol. The molecule has 2 rings (SSSR count). The van der Waals surface area contributed by atoms with Crippen LogP contribution in [0.4, 0.5) is 4.79 Å². The van der Waals surface area contributed by atoms with Crippen LogP contribution in [0.5, 0.6) is 0 Å². The third-order valence-electron chi connectivity index (χ3n) is 4.27. The minimum atomic E-state index is -1.10. The number of hydrogen-bond donors (Lipinski definition) is 2. The lowest BCUT2D eigenvalue weighted by Crippen LogP contribution is -2.50. The molecule has 0 saturated carbocycles. The number of amides is 2. The number of nitrogens with one attached hydrogen (secondary N) is 1. The number of nitrogens with zero attached hydrogens (tertiary/aromatic N) is 1. The summed E-state index contributed by atoms with van der Waals surface area (Å²) < 4.78 is 5.29. The Balaban J connectivity index is 1.92. The van der Waals surface area contributed by atoms with Gasteiger partial charge in [0.05, 0.1) is 0 Å². The molecule has 0 bridgehead atoms. The number of benzene rings is 1. The molecule has 140 valence electrons. The second-order valence-electron chi connectivity index (χ2n) is 6.16. The third-order valence-corrected chi connectivity index (χ3v) is 4.27. The van der Waals surface area contributed by atoms with Crippen LogP contribution in [0.15, 0.2) is 43.0 Å². The van der Waals surface area contributed by atoms with Crippen LogP contribution in [0.25, 0.3) is 0 Å². The van der Waals surface area contributed by atoms with Gasteiger partial charge in [0.2, 0.25) is 5.91 Å². The second kappa shape index (κ2) is 9.60. The van der Waals surface area contributed by atoms with Crippen molar-refractivity contribution >= 4 is 18.0 Å². The molecule has 1 heterocycles. The minimum absolute atomic E-state index is 0.127. The second-order valence-corrected chi connectivity index (χ2v) is 6.16. The maximum Gasteiger partial charge on any atom is 0.410 e. The van der Waals surface area contributed by atoms with Gasteiger partial charge in [0, 0.05) is 6.54 Å². The fourth-order valence-corrected chi connectivity index (χ4v) is 2.87. The van der Waals surface area contributed by atoms with E-state index in [1.165, 1.54) is 4.90 Å². The lowest BCUT2D eigenvalue weighted by molar-refractivity contribution is -0.142. The number of allylic oxidation sites excluding steroid dienone is 1. The van der Waals surface area contributed by atoms with Gasteiger partial charge in [0.25, 0.3) is 0 Å². The zero-order chi connectivity index (χ0) is 18.9. The molecule has 2 N–H and O–H groups in total. The van der Waals surface area contributed by atoms with Crippen molar-refractivity contribution in [2.45, 2.75) is 44.4 Å². The van der Waals surface area contributed by atoms with E-state index in [0.29, 0.717) is 25.8 Å². The van der Waals surface area contributed by atoms with Crippen molar-refractivity contribution in [3.05, 3.63) is 48.6 Å². The molecule has 7 nitrogen and oxygen atoms in total. The van der Waals surface area contributed by atoms with Crippen molar-refractivity contribution in [2.24, 2.45) is 0 Å². The van der Waals surface area contributed by atoms with E-state index in [1.807, 2.05) is 30.3 Å². The number of likely N-dealkylation sites (tertiary alicyclic amines) is 1. The predicted molar refractivity (Wildman–Crippen MR) is 95.4 cm³/mol. The summed E-state index contributed by atoms with van der Waals surface area (Å²) in [5.41, 5.74) is 0.858. The van der Waals surface area contributed by atoms with Crippen LogP contribution >= 0.6 is 0 Å². The minimum Gasteiger partial charge on any atom is -0.480 e. The largest absolute Gasteiger partial charge is 0.480 e. The molecule has 1 aromatic carbocycles. The molecule has 26 heavy (non-hydrogen) atoms. The average Bonchev–Trinajstić information content (AvgIpc) is 3.13. The monoisotopic (exact) mass is 360 g/mol. The standard InChI is InChI=1S/C19H24N2O5/c1-2-3-10-15(18(23)24)20-17(22)16-11-7-12-21(16)19(25)26-13-14-8-5-4-6-9-14/h2,4-6,8-9,15-16H,1,3,7,10-13H2,(H,20,22)(H,23,24)/t15-,16+/m0/s1. The summed E-state index contributed by atoms with van der Waals surface area (Å²) in [5.74, 6) is -1.56. The van der Waals surface area contributed by atoms with Crippen LogP contribution in [0, 0.1) is 0 Å². The smallest absolute Gasteiger partial charge is 0.410 e. The summed E-state index contributed by atoms with van der Waals surface area (Å²) in [6, 6.07) is 7.57. The van der Waals surface area contributed by atoms with E-state index >= 15 is 0 Å². The van der Waals surface area contributed by atoms with Gasteiger partial charge < -0.3 is 15.2 Å². The van der Waals surface area contributed by atoms with Gasteiger partial charge in [-0.1, -0.05) is 36.4 Å². The fraction of sp³-hybridized carbons (Fsp3) is 0.421. The van der Waals surface area contributed by atoms with Crippen LogP contribution < -0.4 is 5.32 Å². The molecule has 2 amide bonds. The first kappa shape index (κ1) is 19.5. The van der Waals surface area contributed by atoms with Crippen LogP contribution in [0.1, 0.15) is 31.2 Å². The van der Waals surface area contributed by atoms with Crippen molar-refractivity contribution < 1.29 is 24.2 Å². The number of carboxylic acid groups (broad SMARTS) is 1. The van der Waals surface area contributed by atoms with Crippen molar-refractivity contribution in [3.63, 3.8) is 0 Å². The molecule has 1 aromatic rings. The molecule has 0 aromatic heterocycles. The zero-order valence-corrected chi connectivity index (χ0v) is 14.6. The number of carboxylic acids is 1. The summed E-state index contributed by atoms with van der Waals surface area (Å²) in [4.78, 5) is 37.4. The summed E-state index contributed by atoms with van der Waals surface area (Å²) >= 11 is 0. The van der Waals surface area contributed by atoms with Crippen LogP contribution in [0.3, 0.4) is 0 Å². The summed E-state index contributed by atoms with van der Waals surface area (Å²) in [7, 11) is 0. The first-order chi connectivity index (χ1) is 12.5. The molecular weight excluding hydrogens is 336 g/mol. The van der Waals surface area contributed by atoms with E-state index in [0.717, 1.165) is 5.56 Å². The van der Waals surface area contributed by atoms with Gasteiger partial charge >= 0.3 is 12.1 Å². The van der Waals surface area contributed by atoms with Gasteiger partial charge in [0.15, 0.2) is 0 Å². The molecule has 1 aliphatic heterocycles. The number of rotatable bonds is 8. The summed E-state index contributed by atoms with van der Waals surface area (Å²) in [6.07, 6.45) is 2.93. The van der Waals surface area contributed by atoms with Gasteiger partial charge in [-0.15, -0.1) is 6.58 Å². The summed E-state index contributed by atoms with van der Waals surface area (Å²) in [6.45, 7) is 4.09. The third kappa shape index (κ3) is 5.34. The fourth-order valence-electron chi connectivity index (χ4n) is 2.87. The molecule has 7 heteroatoms. The zero-order valence-electron chi connectivity index (χ0n) is 14.6. The molecule has 1 saturated heterocycles. The van der Waals surface area contributed by atoms with E-state index in [9.17, 15) is 19.5 Å². The molecule has 2 atom stereocenters. The maximum absolute atomic E-state index is 12.5. The van der Waals surface area contributed by atoms with Crippen LogP contribution in [-0.4, -0.2) is 46.6 Å². The Hall–Kier alpha value is -2.83. The number of carbonyl (C=O) groups excluding carboxylic acids is 2. The molecule has 0 unspecified atom stereocenters. The maximum atomic E-state index is 12.5. The topological polar surface area (TPSA) is 95.9 Å². The molecule has 0 radical (unpaired) electrons. The number of hydrogen-bond acceptors (Lipinski definition) is 4. The molecular formula is C19H24N2O5. The Labute approximate surface area is 152 Å².